The standard InChI is InChI=1S/C18H19BrN6O4/c19-13-4-11(7-21-8-13)5-15(18(28)29)25-16(26)9-22-17(27)12-2-1-3-14(6-12)23-10-24-20/h1-4,6-8,10,15H,5,9,20H2,(H,22,27)(H,23,24)(H,25,26)(H,28,29). The van der Waals surface area contributed by atoms with E-state index in [4.69, 9.17) is 5.84 Å². The molecule has 1 aromatic heterocycles. The molecular weight excluding hydrogens is 444 g/mol. The van der Waals surface area contributed by atoms with Crippen LogP contribution in [0, 0.1) is 0 Å². The second-order valence-electron chi connectivity index (χ2n) is 5.83. The molecule has 1 atom stereocenters. The fourth-order valence-corrected chi connectivity index (χ4v) is 2.76. The van der Waals surface area contributed by atoms with Gasteiger partial charge in [0.15, 0.2) is 0 Å². The van der Waals surface area contributed by atoms with Crippen molar-refractivity contribution in [3.05, 3.63) is 58.3 Å². The number of benzene rings is 1. The quantitative estimate of drug-likeness (QED) is 0.157. The van der Waals surface area contributed by atoms with Crippen LogP contribution in [-0.4, -0.2) is 46.8 Å². The van der Waals surface area contributed by atoms with Crippen molar-refractivity contribution < 1.29 is 19.5 Å². The minimum atomic E-state index is -1.19. The summed E-state index contributed by atoms with van der Waals surface area (Å²) in [5.41, 5.74) is 3.68. The van der Waals surface area contributed by atoms with Crippen molar-refractivity contribution in [3.8, 4) is 0 Å². The molecule has 0 aliphatic carbocycles. The number of aliphatic imine (C=N–C) groups is 1. The molecule has 1 heterocycles. The summed E-state index contributed by atoms with van der Waals surface area (Å²) in [6, 6.07) is 6.93. The van der Waals surface area contributed by atoms with Gasteiger partial charge in [-0.3, -0.25) is 14.6 Å². The van der Waals surface area contributed by atoms with Gasteiger partial charge in [0.25, 0.3) is 5.91 Å². The molecule has 2 rings (SSSR count). The van der Waals surface area contributed by atoms with E-state index in [1.54, 1.807) is 30.5 Å². The highest BCUT2D eigenvalue weighted by Gasteiger charge is 2.21. The molecule has 0 aliphatic rings. The molecule has 2 aromatic rings. The third kappa shape index (κ3) is 7.31. The van der Waals surface area contributed by atoms with Gasteiger partial charge in [0.2, 0.25) is 5.91 Å². The molecule has 10 nitrogen and oxygen atoms in total. The number of nitrogens with two attached hydrogens (primary N) is 1. The van der Waals surface area contributed by atoms with Crippen LogP contribution in [0.3, 0.4) is 0 Å². The van der Waals surface area contributed by atoms with Crippen molar-refractivity contribution in [1.82, 2.24) is 21.0 Å². The number of carbonyl (C=O) groups is 3. The summed E-state index contributed by atoms with van der Waals surface area (Å²) < 4.78 is 0.700. The minimum absolute atomic E-state index is 0.0523. The molecule has 11 heteroatoms. The van der Waals surface area contributed by atoms with E-state index in [0.717, 1.165) is 0 Å². The van der Waals surface area contributed by atoms with Crippen LogP contribution in [0.4, 0.5) is 5.69 Å². The first-order valence-corrected chi connectivity index (χ1v) is 9.17. The van der Waals surface area contributed by atoms with Crippen LogP contribution in [0.15, 0.2) is 52.2 Å². The highest BCUT2D eigenvalue weighted by molar-refractivity contribution is 9.10. The molecule has 0 bridgehead atoms. The Hall–Kier alpha value is -3.31. The Labute approximate surface area is 174 Å². The van der Waals surface area contributed by atoms with Crippen LogP contribution in [0.25, 0.3) is 0 Å². The zero-order valence-corrected chi connectivity index (χ0v) is 16.7. The number of carboxylic acids is 1. The lowest BCUT2D eigenvalue weighted by atomic mass is 10.1. The molecule has 29 heavy (non-hydrogen) atoms. The second-order valence-corrected chi connectivity index (χ2v) is 6.75. The summed E-state index contributed by atoms with van der Waals surface area (Å²) >= 11 is 3.26. The Morgan fingerprint density at radius 2 is 2.07 bits per heavy atom. The summed E-state index contributed by atoms with van der Waals surface area (Å²) in [6.45, 7) is -0.378. The summed E-state index contributed by atoms with van der Waals surface area (Å²) in [5, 5.41) is 14.2. The number of halogens is 1. The highest BCUT2D eigenvalue weighted by Crippen LogP contribution is 2.13. The van der Waals surface area contributed by atoms with Gasteiger partial charge >= 0.3 is 5.97 Å². The Morgan fingerprint density at radius 1 is 1.28 bits per heavy atom. The largest absolute Gasteiger partial charge is 0.480 e. The number of amides is 2. The number of hydrogen-bond acceptors (Lipinski definition) is 6. The van der Waals surface area contributed by atoms with Gasteiger partial charge in [-0.05, 0) is 45.8 Å². The molecular formula is C18H19BrN6O4. The summed E-state index contributed by atoms with van der Waals surface area (Å²) in [6.07, 6.45) is 4.40. The summed E-state index contributed by atoms with van der Waals surface area (Å²) in [4.78, 5) is 43.7. The Morgan fingerprint density at radius 3 is 2.76 bits per heavy atom. The number of nitrogens with zero attached hydrogens (tertiary/aromatic N) is 2. The van der Waals surface area contributed by atoms with Gasteiger partial charge in [-0.15, -0.1) is 0 Å². The molecule has 1 unspecified atom stereocenters. The molecule has 6 N–H and O–H groups in total. The van der Waals surface area contributed by atoms with Crippen molar-refractivity contribution in [2.75, 3.05) is 6.54 Å². The maximum absolute atomic E-state index is 12.2. The van der Waals surface area contributed by atoms with E-state index in [2.05, 4.69) is 42.0 Å². The van der Waals surface area contributed by atoms with Crippen LogP contribution in [0.2, 0.25) is 0 Å². The van der Waals surface area contributed by atoms with Crippen molar-refractivity contribution in [1.29, 1.82) is 0 Å². The molecule has 0 radical (unpaired) electrons. The van der Waals surface area contributed by atoms with Gasteiger partial charge in [-0.2, -0.15) is 0 Å². The molecule has 2 amide bonds. The molecule has 0 saturated heterocycles. The average molecular weight is 463 g/mol. The lowest BCUT2D eigenvalue weighted by molar-refractivity contribution is -0.141. The smallest absolute Gasteiger partial charge is 0.326 e. The van der Waals surface area contributed by atoms with Crippen LogP contribution in [0.1, 0.15) is 15.9 Å². The van der Waals surface area contributed by atoms with E-state index in [-0.39, 0.29) is 13.0 Å². The number of hydrogen-bond donors (Lipinski definition) is 5. The summed E-state index contributed by atoms with van der Waals surface area (Å²) in [7, 11) is 0. The van der Waals surface area contributed by atoms with Crippen LogP contribution in [-0.2, 0) is 16.0 Å². The van der Waals surface area contributed by atoms with E-state index in [1.807, 2.05) is 0 Å². The molecule has 0 fully saturated rings. The van der Waals surface area contributed by atoms with E-state index in [0.29, 0.717) is 21.3 Å². The van der Waals surface area contributed by atoms with E-state index in [1.165, 1.54) is 18.6 Å². The van der Waals surface area contributed by atoms with Crippen LogP contribution >= 0.6 is 15.9 Å². The van der Waals surface area contributed by atoms with Gasteiger partial charge in [0.05, 0.1) is 12.2 Å². The Balaban J connectivity index is 1.92. The predicted octanol–water partition coefficient (Wildman–Crippen LogP) is 0.509. The number of hydrazine groups is 1. The van der Waals surface area contributed by atoms with Gasteiger partial charge < -0.3 is 21.2 Å². The third-order valence-electron chi connectivity index (χ3n) is 3.64. The topological polar surface area (TPSA) is 159 Å². The monoisotopic (exact) mass is 462 g/mol. The van der Waals surface area contributed by atoms with Crippen LogP contribution in [0.5, 0.6) is 0 Å². The number of rotatable bonds is 9. The minimum Gasteiger partial charge on any atom is -0.480 e. The first-order chi connectivity index (χ1) is 13.9. The van der Waals surface area contributed by atoms with Gasteiger partial charge in [-0.1, -0.05) is 6.07 Å². The third-order valence-corrected chi connectivity index (χ3v) is 4.07. The number of nitrogens with one attached hydrogen (secondary N) is 3. The van der Waals surface area contributed by atoms with Crippen molar-refractivity contribution in [2.45, 2.75) is 12.5 Å². The lowest BCUT2D eigenvalue weighted by Crippen LogP contribution is -2.46. The van der Waals surface area contributed by atoms with E-state index in [9.17, 15) is 19.5 Å². The van der Waals surface area contributed by atoms with Crippen molar-refractivity contribution in [2.24, 2.45) is 10.8 Å². The van der Waals surface area contributed by atoms with Crippen molar-refractivity contribution in [3.63, 3.8) is 0 Å². The maximum Gasteiger partial charge on any atom is 0.326 e. The normalized spacial score (nSPS) is 11.7. The second kappa shape index (κ2) is 10.9. The number of carboxylic acid groups (broad SMARTS) is 1. The Kier molecular flexibility index (Phi) is 8.25. The lowest BCUT2D eigenvalue weighted by Gasteiger charge is -2.15. The molecule has 0 spiro atoms. The molecule has 0 aliphatic heterocycles. The SMILES string of the molecule is NNC=Nc1cccc(C(=O)NCC(=O)NC(Cc2cncc(Br)c2)C(=O)O)c1. The number of pyridine rings is 1. The molecule has 0 saturated carbocycles. The highest BCUT2D eigenvalue weighted by atomic mass is 79.9. The Bertz CT molecular complexity index is 921. The van der Waals surface area contributed by atoms with Gasteiger partial charge in [0, 0.05) is 28.9 Å². The average Bonchev–Trinajstić information content (AvgIpc) is 2.70. The zero-order chi connectivity index (χ0) is 21.2. The van der Waals surface area contributed by atoms with Crippen LogP contribution < -0.4 is 21.9 Å². The van der Waals surface area contributed by atoms with Gasteiger partial charge in [0.1, 0.15) is 12.4 Å². The van der Waals surface area contributed by atoms with E-state index >= 15 is 0 Å². The first kappa shape index (κ1) is 22.0. The van der Waals surface area contributed by atoms with E-state index < -0.39 is 23.8 Å². The number of aliphatic carboxylic acids is 1. The molecule has 1 aromatic carbocycles. The predicted molar refractivity (Wildman–Crippen MR) is 109 cm³/mol. The first-order valence-electron chi connectivity index (χ1n) is 8.37. The molecule has 152 valence electrons. The fraction of sp³-hybridized carbons (Fsp3) is 0.167. The number of carbonyl (C=O) groups excluding carboxylic acids is 2. The van der Waals surface area contributed by atoms with Gasteiger partial charge in [-0.25, -0.2) is 15.6 Å². The summed E-state index contributed by atoms with van der Waals surface area (Å²) in [5.74, 6) is 2.78. The fourth-order valence-electron chi connectivity index (χ4n) is 2.35. The zero-order valence-electron chi connectivity index (χ0n) is 15.1. The maximum atomic E-state index is 12.2. The van der Waals surface area contributed by atoms with Crippen molar-refractivity contribution >= 4 is 45.7 Å². The number of aromatic nitrogens is 1.